The van der Waals surface area contributed by atoms with E-state index in [-0.39, 0.29) is 29.9 Å². The highest BCUT2D eigenvalue weighted by atomic mass is 32.1. The van der Waals surface area contributed by atoms with E-state index < -0.39 is 0 Å². The van der Waals surface area contributed by atoms with Crippen molar-refractivity contribution in [3.63, 3.8) is 0 Å². The van der Waals surface area contributed by atoms with Crippen LogP contribution >= 0.6 is 11.3 Å². The summed E-state index contributed by atoms with van der Waals surface area (Å²) in [6.45, 7) is 6.03. The minimum atomic E-state index is 0.112. The number of aromatic nitrogens is 1. The van der Waals surface area contributed by atoms with Crippen LogP contribution in [0.2, 0.25) is 0 Å². The van der Waals surface area contributed by atoms with Crippen molar-refractivity contribution < 1.29 is 13.9 Å². The fourth-order valence-corrected chi connectivity index (χ4v) is 4.55. The SMILES string of the molecule is CC1(C)CN(C(=O)Cc2coc(-c3cccs3)n2)C1C1CCCO1. The van der Waals surface area contributed by atoms with Crippen LogP contribution in [-0.4, -0.2) is 41.1 Å². The van der Waals surface area contributed by atoms with Gasteiger partial charge in [-0.25, -0.2) is 4.98 Å². The molecule has 5 nitrogen and oxygen atoms in total. The Kier molecular flexibility index (Phi) is 3.96. The predicted octanol–water partition coefficient (Wildman–Crippen LogP) is 3.36. The van der Waals surface area contributed by atoms with Gasteiger partial charge in [-0.3, -0.25) is 4.79 Å². The summed E-state index contributed by atoms with van der Waals surface area (Å²) in [5.41, 5.74) is 0.815. The fraction of sp³-hybridized carbons (Fsp3) is 0.556. The number of hydrogen-bond donors (Lipinski definition) is 0. The Bertz CT molecular complexity index is 716. The smallest absolute Gasteiger partial charge is 0.236 e. The Morgan fingerprint density at radius 2 is 2.38 bits per heavy atom. The standard InChI is InChI=1S/C18H22N2O3S/c1-18(2)11-20(16(18)13-5-3-7-22-13)15(21)9-12-10-23-17(19-12)14-6-4-8-24-14/h4,6,8,10,13,16H,3,5,7,9,11H2,1-2H3. The number of nitrogens with zero attached hydrogens (tertiary/aromatic N) is 2. The molecule has 1 amide bonds. The second kappa shape index (κ2) is 6.01. The summed E-state index contributed by atoms with van der Waals surface area (Å²) >= 11 is 1.58. The second-order valence-electron chi connectivity index (χ2n) is 7.30. The molecule has 2 unspecified atom stereocenters. The third kappa shape index (κ3) is 2.78. The van der Waals surface area contributed by atoms with E-state index in [2.05, 4.69) is 18.8 Å². The minimum absolute atomic E-state index is 0.112. The van der Waals surface area contributed by atoms with Crippen LogP contribution < -0.4 is 0 Å². The van der Waals surface area contributed by atoms with Crippen LogP contribution in [0.4, 0.5) is 0 Å². The zero-order chi connectivity index (χ0) is 16.7. The Morgan fingerprint density at radius 1 is 1.50 bits per heavy atom. The van der Waals surface area contributed by atoms with Gasteiger partial charge in [-0.15, -0.1) is 11.3 Å². The van der Waals surface area contributed by atoms with Gasteiger partial charge in [0.15, 0.2) is 0 Å². The van der Waals surface area contributed by atoms with Gasteiger partial charge in [0.25, 0.3) is 0 Å². The van der Waals surface area contributed by atoms with E-state index >= 15 is 0 Å². The molecule has 0 aromatic carbocycles. The number of rotatable bonds is 4. The number of carbonyl (C=O) groups excluding carboxylic acids is 1. The lowest BCUT2D eigenvalue weighted by Gasteiger charge is -2.56. The molecule has 2 atom stereocenters. The number of oxazole rings is 1. The van der Waals surface area contributed by atoms with Crippen LogP contribution in [0.5, 0.6) is 0 Å². The van der Waals surface area contributed by atoms with Crippen molar-refractivity contribution in [2.75, 3.05) is 13.2 Å². The highest BCUT2D eigenvalue weighted by Crippen LogP contribution is 2.42. The number of ether oxygens (including phenoxy) is 1. The molecule has 2 fully saturated rings. The molecule has 0 spiro atoms. The number of hydrogen-bond acceptors (Lipinski definition) is 5. The van der Waals surface area contributed by atoms with Crippen molar-refractivity contribution in [2.45, 2.75) is 45.3 Å². The first-order chi connectivity index (χ1) is 11.5. The van der Waals surface area contributed by atoms with E-state index in [4.69, 9.17) is 9.15 Å². The van der Waals surface area contributed by atoms with Gasteiger partial charge < -0.3 is 14.1 Å². The molecule has 2 aromatic heterocycles. The maximum Gasteiger partial charge on any atom is 0.236 e. The molecule has 0 N–H and O–H groups in total. The predicted molar refractivity (Wildman–Crippen MR) is 91.8 cm³/mol. The summed E-state index contributed by atoms with van der Waals surface area (Å²) in [4.78, 5) is 20.1. The molecular formula is C18H22N2O3S. The summed E-state index contributed by atoms with van der Waals surface area (Å²) < 4.78 is 11.4. The van der Waals surface area contributed by atoms with Gasteiger partial charge in [0.2, 0.25) is 11.8 Å². The zero-order valence-electron chi connectivity index (χ0n) is 14.0. The third-order valence-corrected chi connectivity index (χ3v) is 5.83. The van der Waals surface area contributed by atoms with Gasteiger partial charge in [-0.2, -0.15) is 0 Å². The molecule has 24 heavy (non-hydrogen) atoms. The molecule has 0 radical (unpaired) electrons. The van der Waals surface area contributed by atoms with Crippen LogP contribution in [0.25, 0.3) is 10.8 Å². The lowest BCUT2D eigenvalue weighted by molar-refractivity contribution is -0.163. The van der Waals surface area contributed by atoms with Crippen molar-refractivity contribution in [3.05, 3.63) is 29.5 Å². The van der Waals surface area contributed by atoms with Gasteiger partial charge >= 0.3 is 0 Å². The summed E-state index contributed by atoms with van der Waals surface area (Å²) in [6.07, 6.45) is 4.20. The average molecular weight is 346 g/mol. The lowest BCUT2D eigenvalue weighted by Crippen LogP contribution is -2.68. The van der Waals surface area contributed by atoms with Gasteiger partial charge in [-0.1, -0.05) is 19.9 Å². The zero-order valence-corrected chi connectivity index (χ0v) is 14.8. The Morgan fingerprint density at radius 3 is 3.04 bits per heavy atom. The molecule has 4 heterocycles. The van der Waals surface area contributed by atoms with E-state index in [0.29, 0.717) is 11.6 Å². The van der Waals surface area contributed by atoms with Crippen molar-refractivity contribution >= 4 is 17.2 Å². The quantitative estimate of drug-likeness (QED) is 0.852. The van der Waals surface area contributed by atoms with Crippen molar-refractivity contribution in [1.29, 1.82) is 0 Å². The fourth-order valence-electron chi connectivity index (χ4n) is 3.90. The number of carbonyl (C=O) groups is 1. The first-order valence-electron chi connectivity index (χ1n) is 8.44. The topological polar surface area (TPSA) is 55.6 Å². The van der Waals surface area contributed by atoms with Crippen molar-refractivity contribution in [1.82, 2.24) is 9.88 Å². The largest absolute Gasteiger partial charge is 0.444 e. The molecule has 2 aliphatic rings. The average Bonchev–Trinajstić information content (AvgIpc) is 3.26. The lowest BCUT2D eigenvalue weighted by atomic mass is 9.71. The summed E-state index contributed by atoms with van der Waals surface area (Å²) in [7, 11) is 0. The highest BCUT2D eigenvalue weighted by molar-refractivity contribution is 7.13. The highest BCUT2D eigenvalue weighted by Gasteiger charge is 2.52. The van der Waals surface area contributed by atoms with Gasteiger partial charge in [0.05, 0.1) is 29.1 Å². The summed E-state index contributed by atoms with van der Waals surface area (Å²) in [6, 6.07) is 4.10. The number of amides is 1. The second-order valence-corrected chi connectivity index (χ2v) is 8.25. The Balaban J connectivity index is 1.44. The van der Waals surface area contributed by atoms with Crippen LogP contribution in [-0.2, 0) is 16.0 Å². The molecule has 0 aliphatic carbocycles. The van der Waals surface area contributed by atoms with E-state index in [1.807, 2.05) is 22.4 Å². The first kappa shape index (κ1) is 15.8. The van der Waals surface area contributed by atoms with Crippen LogP contribution in [0, 0.1) is 5.41 Å². The third-order valence-electron chi connectivity index (χ3n) is 4.97. The molecule has 2 saturated heterocycles. The molecule has 0 bridgehead atoms. The minimum Gasteiger partial charge on any atom is -0.444 e. The maximum absolute atomic E-state index is 12.7. The van der Waals surface area contributed by atoms with E-state index in [1.54, 1.807) is 17.6 Å². The van der Waals surface area contributed by atoms with E-state index in [1.165, 1.54) is 0 Å². The molecule has 2 aliphatic heterocycles. The Hall–Kier alpha value is -1.66. The van der Waals surface area contributed by atoms with Crippen molar-refractivity contribution in [2.24, 2.45) is 5.41 Å². The van der Waals surface area contributed by atoms with Crippen molar-refractivity contribution in [3.8, 4) is 10.8 Å². The molecule has 128 valence electrons. The molecule has 0 saturated carbocycles. The summed E-state index contributed by atoms with van der Waals surface area (Å²) in [5.74, 6) is 0.702. The maximum atomic E-state index is 12.7. The van der Waals surface area contributed by atoms with Crippen LogP contribution in [0.15, 0.2) is 28.2 Å². The van der Waals surface area contributed by atoms with Crippen LogP contribution in [0.3, 0.4) is 0 Å². The van der Waals surface area contributed by atoms with Gasteiger partial charge in [0, 0.05) is 18.6 Å². The van der Waals surface area contributed by atoms with E-state index in [9.17, 15) is 4.79 Å². The summed E-state index contributed by atoms with van der Waals surface area (Å²) in [5, 5.41) is 1.98. The Labute approximate surface area is 145 Å². The molecule has 2 aromatic rings. The van der Waals surface area contributed by atoms with Gasteiger partial charge in [0.1, 0.15) is 6.26 Å². The first-order valence-corrected chi connectivity index (χ1v) is 9.32. The van der Waals surface area contributed by atoms with E-state index in [0.717, 1.165) is 30.9 Å². The molecular weight excluding hydrogens is 324 g/mol. The monoisotopic (exact) mass is 346 g/mol. The van der Waals surface area contributed by atoms with Crippen LogP contribution in [0.1, 0.15) is 32.4 Å². The number of likely N-dealkylation sites (tertiary alicyclic amines) is 1. The number of thiophene rings is 1. The van der Waals surface area contributed by atoms with Gasteiger partial charge in [-0.05, 0) is 24.3 Å². The normalized spacial score (nSPS) is 25.7. The molecule has 4 rings (SSSR count). The molecule has 6 heteroatoms.